The zero-order valence-electron chi connectivity index (χ0n) is 48.9. The van der Waals surface area contributed by atoms with Crippen LogP contribution in [0.25, 0.3) is 0 Å². The smallest absolute Gasteiger partial charge is 0.309 e. The number of esters is 2. The van der Waals surface area contributed by atoms with E-state index in [1.807, 2.05) is 0 Å². The second-order valence-corrected chi connectivity index (χ2v) is 27.1. The van der Waals surface area contributed by atoms with Crippen LogP contribution in [0.1, 0.15) is 98.8 Å². The quantitative estimate of drug-likeness (QED) is 0.0516. The number of aliphatic hydroxyl groups is 14. The molecule has 10 fully saturated rings. The molecule has 10 rings (SSSR count). The van der Waals surface area contributed by atoms with Crippen molar-refractivity contribution in [1.29, 1.82) is 0 Å². The summed E-state index contributed by atoms with van der Waals surface area (Å²) in [6, 6.07) is 0. The predicted octanol–water partition coefficient (Wildman–Crippen LogP) is -4.07. The summed E-state index contributed by atoms with van der Waals surface area (Å²) in [5.41, 5.74) is -2.45. The third-order valence-corrected chi connectivity index (χ3v) is 21.6. The van der Waals surface area contributed by atoms with Gasteiger partial charge in [-0.15, -0.1) is 0 Å². The molecule has 28 nitrogen and oxygen atoms in total. The van der Waals surface area contributed by atoms with Crippen LogP contribution in [0.3, 0.4) is 0 Å². The highest BCUT2D eigenvalue weighted by molar-refractivity contribution is 5.75. The van der Waals surface area contributed by atoms with E-state index in [0.29, 0.717) is 30.8 Å². The van der Waals surface area contributed by atoms with Crippen LogP contribution in [-0.4, -0.2) is 276 Å². The molecule has 0 aromatic carbocycles. The Morgan fingerprint density at radius 3 is 1.86 bits per heavy atom. The fourth-order valence-corrected chi connectivity index (χ4v) is 17.0. The number of methoxy groups -OCH3 is 1. The van der Waals surface area contributed by atoms with Crippen LogP contribution in [0.4, 0.5) is 0 Å². The molecular formula is C57H92O28. The maximum absolute atomic E-state index is 12.8. The predicted molar refractivity (Wildman–Crippen MR) is 281 cm³/mol. The minimum atomic E-state index is -2.12. The first kappa shape index (κ1) is 65.9. The van der Waals surface area contributed by atoms with Gasteiger partial charge in [-0.3, -0.25) is 9.59 Å². The normalized spacial score (nSPS) is 53.2. The molecule has 0 unspecified atom stereocenters. The lowest BCUT2D eigenvalue weighted by atomic mass is 9.43. The van der Waals surface area contributed by atoms with E-state index in [9.17, 15) is 81.1 Å². The van der Waals surface area contributed by atoms with Crippen molar-refractivity contribution < 1.29 is 138 Å². The second kappa shape index (κ2) is 25.6. The lowest BCUT2D eigenvalue weighted by Gasteiger charge is -2.63. The molecule has 4 aliphatic carbocycles. The number of aliphatic hydroxyl groups excluding tert-OH is 13. The largest absolute Gasteiger partial charge is 0.469 e. The number of hydrogen-bond acceptors (Lipinski definition) is 28. The van der Waals surface area contributed by atoms with Gasteiger partial charge in [0.15, 0.2) is 37.1 Å². The van der Waals surface area contributed by atoms with Gasteiger partial charge < -0.3 is 128 Å². The Hall–Kier alpha value is -2.02. The Balaban J connectivity index is 0.825. The number of ether oxygens (including phenoxy) is 12. The first-order valence-electron chi connectivity index (χ1n) is 30.3. The fraction of sp³-hybridized carbons (Fsp3) is 0.965. The van der Waals surface area contributed by atoms with E-state index in [2.05, 4.69) is 32.4 Å². The lowest BCUT2D eigenvalue weighted by Crippen LogP contribution is -2.68. The summed E-state index contributed by atoms with van der Waals surface area (Å²) in [5.74, 6) is -1.14. The van der Waals surface area contributed by atoms with E-state index in [4.69, 9.17) is 52.1 Å². The van der Waals surface area contributed by atoms with Gasteiger partial charge in [0.05, 0.1) is 83.0 Å². The van der Waals surface area contributed by atoms with Gasteiger partial charge in [0.1, 0.15) is 85.5 Å². The highest BCUT2D eigenvalue weighted by Gasteiger charge is 2.71. The third-order valence-electron chi connectivity index (χ3n) is 21.6. The molecule has 4 saturated carbocycles. The Morgan fingerprint density at radius 2 is 1.19 bits per heavy atom. The van der Waals surface area contributed by atoms with Gasteiger partial charge in [0.25, 0.3) is 0 Å². The molecule has 488 valence electrons. The summed E-state index contributed by atoms with van der Waals surface area (Å²) in [4.78, 5) is 24.6. The minimum absolute atomic E-state index is 0.0194. The molecule has 28 heteroatoms. The summed E-state index contributed by atoms with van der Waals surface area (Å²) in [5, 5.41) is 157. The molecule has 0 amide bonds. The van der Waals surface area contributed by atoms with E-state index in [1.54, 1.807) is 0 Å². The summed E-state index contributed by atoms with van der Waals surface area (Å²) < 4.78 is 71.3. The first-order chi connectivity index (χ1) is 40.1. The van der Waals surface area contributed by atoms with Crippen molar-refractivity contribution in [2.24, 2.45) is 52.3 Å². The van der Waals surface area contributed by atoms with Crippen LogP contribution in [0.15, 0.2) is 0 Å². The molecule has 1 spiro atoms. The van der Waals surface area contributed by atoms with Crippen molar-refractivity contribution in [2.75, 3.05) is 40.1 Å². The molecule has 6 heterocycles. The van der Waals surface area contributed by atoms with Crippen LogP contribution >= 0.6 is 0 Å². The molecule has 14 N–H and O–H groups in total. The molecule has 34 atom stereocenters. The van der Waals surface area contributed by atoms with Gasteiger partial charge in [-0.1, -0.05) is 27.7 Å². The van der Waals surface area contributed by atoms with Gasteiger partial charge in [-0.05, 0) is 98.2 Å². The minimum Gasteiger partial charge on any atom is -0.469 e. The van der Waals surface area contributed by atoms with E-state index >= 15 is 0 Å². The molecule has 85 heavy (non-hydrogen) atoms. The van der Waals surface area contributed by atoms with Gasteiger partial charge in [-0.25, -0.2) is 0 Å². The van der Waals surface area contributed by atoms with Crippen LogP contribution in [0.5, 0.6) is 0 Å². The van der Waals surface area contributed by atoms with Crippen molar-refractivity contribution >= 4 is 11.9 Å². The second-order valence-electron chi connectivity index (χ2n) is 27.1. The average Bonchev–Trinajstić information content (AvgIpc) is 1.61. The molecule has 10 aliphatic rings. The van der Waals surface area contributed by atoms with Crippen LogP contribution in [-0.2, 0) is 66.4 Å². The maximum atomic E-state index is 12.8. The monoisotopic (exact) mass is 1220 g/mol. The fourth-order valence-electron chi connectivity index (χ4n) is 17.0. The molecule has 0 aromatic rings. The van der Waals surface area contributed by atoms with E-state index < -0.39 is 203 Å². The highest BCUT2D eigenvalue weighted by atomic mass is 16.8. The summed E-state index contributed by atoms with van der Waals surface area (Å²) in [7, 11) is 1.08. The Kier molecular flexibility index (Phi) is 19.8. The van der Waals surface area contributed by atoms with Crippen molar-refractivity contribution in [3.8, 4) is 0 Å². The van der Waals surface area contributed by atoms with E-state index in [0.717, 1.165) is 39.2 Å². The molecule has 0 aromatic heterocycles. The topological polar surface area (TPSA) is 428 Å². The highest BCUT2D eigenvalue weighted by Crippen LogP contribution is 2.71. The molecule has 0 radical (unpaired) electrons. The van der Waals surface area contributed by atoms with Crippen molar-refractivity contribution in [2.45, 2.75) is 251 Å². The Morgan fingerprint density at radius 1 is 0.576 bits per heavy atom. The van der Waals surface area contributed by atoms with Crippen molar-refractivity contribution in [1.82, 2.24) is 0 Å². The standard InChI is InChI=1S/C57H92O28/c1-22-7-10-57(76-20-22)23(2)38-31(85-57)12-26-24-11-28(61)27-13-30(29(62)14-56(27,5)25(24)8-9-55(26,38)4)78-51-46(72)43(69)47(34(19-60)81-51)82-53-49(84-52-45(71)42(68)39(65)32(17-58)79-52)48(41(67)33(18-59)80-53)83-50-44(70)40(66)35(21-75-50)77-37(64)16-54(3,73)15-36(63)74-6/h22-35,38-53,58-62,65-73H,7-21H2,1-6H3/t22-,23+,24-,25+,26+,27-,28-,29-,30-,31+,32-,33-,34-,35-,38+,39-,40+,41-,42+,43-,44-,45-,46-,47+,48+,49-,50+,51-,52+,53+,54+,55+,56-,57-/m1/s1. The summed E-state index contributed by atoms with van der Waals surface area (Å²) in [6.07, 6.45) is -34.6. The summed E-state index contributed by atoms with van der Waals surface area (Å²) in [6.45, 7) is 7.40. The number of carbonyl (C=O) groups is 2. The number of fused-ring (bicyclic) bond motifs is 7. The van der Waals surface area contributed by atoms with Crippen LogP contribution in [0.2, 0.25) is 0 Å². The summed E-state index contributed by atoms with van der Waals surface area (Å²) >= 11 is 0. The third kappa shape index (κ3) is 12.2. The maximum Gasteiger partial charge on any atom is 0.309 e. The van der Waals surface area contributed by atoms with E-state index in [-0.39, 0.29) is 48.0 Å². The average molecular weight is 1230 g/mol. The van der Waals surface area contributed by atoms with Crippen molar-refractivity contribution in [3.05, 3.63) is 0 Å². The van der Waals surface area contributed by atoms with E-state index in [1.165, 1.54) is 6.92 Å². The zero-order chi connectivity index (χ0) is 61.6. The molecule has 6 saturated heterocycles. The van der Waals surface area contributed by atoms with Gasteiger partial charge >= 0.3 is 11.9 Å². The molecular weight excluding hydrogens is 1130 g/mol. The van der Waals surface area contributed by atoms with Crippen LogP contribution < -0.4 is 0 Å². The lowest BCUT2D eigenvalue weighted by molar-refractivity contribution is -0.404. The Labute approximate surface area is 492 Å². The Bertz CT molecular complexity index is 2270. The van der Waals surface area contributed by atoms with Crippen molar-refractivity contribution in [3.63, 3.8) is 0 Å². The van der Waals surface area contributed by atoms with Crippen LogP contribution in [0, 0.1) is 52.3 Å². The number of carbonyl (C=O) groups excluding carboxylic acids is 2. The van der Waals surface area contributed by atoms with Gasteiger partial charge in [0.2, 0.25) is 0 Å². The first-order valence-corrected chi connectivity index (χ1v) is 30.3. The molecule has 0 bridgehead atoms. The number of rotatable bonds is 16. The SMILES string of the molecule is COC(=O)C[C@](C)(O)CC(=O)O[C@@H]1CO[C@@H](O[C@H]2[C@H](O)[C@@H](CO)O[C@@H](O[C@@H]3[C@H](O)[C@@H](O)[C@H](O[C@@H]4C[C@@H]5[C@H](O)C[C@@H]6[C@H](CC[C@]7(C)[C@@H]8[C@H](C[C@@H]67)O[C@]6(CC[C@@H](C)CO6)[C@H]8C)[C@@]5(C)C[C@H]4O)O[C@@H]3CO)[C@@H]2O[C@@H]2O[C@H](CO)[C@@H](O)[C@H](O)[C@H]2O)[C@H](O)[C@H]1O. The molecule has 6 aliphatic heterocycles. The zero-order valence-corrected chi connectivity index (χ0v) is 48.9. The van der Waals surface area contributed by atoms with Gasteiger partial charge in [-0.2, -0.15) is 0 Å². The number of hydrogen-bond donors (Lipinski definition) is 14. The van der Waals surface area contributed by atoms with Gasteiger partial charge in [0, 0.05) is 12.3 Å².